The number of aromatic nitrogens is 3. The lowest BCUT2D eigenvalue weighted by atomic mass is 9.89. The number of rotatable bonds is 9. The van der Waals surface area contributed by atoms with Gasteiger partial charge in [0.1, 0.15) is 11.6 Å². The highest BCUT2D eigenvalue weighted by Crippen LogP contribution is 2.50. The number of nitrogens with one attached hydrogen (secondary N) is 2. The van der Waals surface area contributed by atoms with Gasteiger partial charge in [0, 0.05) is 18.0 Å². The van der Waals surface area contributed by atoms with Gasteiger partial charge in [0.15, 0.2) is 0 Å². The second-order valence-electron chi connectivity index (χ2n) is 9.96. The van der Waals surface area contributed by atoms with Crippen LogP contribution in [0, 0.1) is 17.8 Å². The van der Waals surface area contributed by atoms with Gasteiger partial charge >= 0.3 is 6.09 Å². The van der Waals surface area contributed by atoms with Gasteiger partial charge in [0.2, 0.25) is 11.8 Å². The number of pyridine rings is 1. The van der Waals surface area contributed by atoms with Gasteiger partial charge in [-0.2, -0.15) is 5.10 Å². The molecule has 178 valence electrons. The van der Waals surface area contributed by atoms with Crippen LogP contribution in [-0.2, 0) is 16.1 Å². The average molecular weight is 456 g/mol. The summed E-state index contributed by atoms with van der Waals surface area (Å²) in [5, 5.41) is 10.2. The predicted molar refractivity (Wildman–Crippen MR) is 123 cm³/mol. The van der Waals surface area contributed by atoms with Gasteiger partial charge in [-0.25, -0.2) is 9.78 Å². The van der Waals surface area contributed by atoms with Crippen molar-refractivity contribution in [3.8, 4) is 5.88 Å². The maximum absolute atomic E-state index is 13.3. The van der Waals surface area contributed by atoms with Crippen molar-refractivity contribution in [3.05, 3.63) is 36.3 Å². The van der Waals surface area contributed by atoms with Gasteiger partial charge in [0.25, 0.3) is 0 Å². The van der Waals surface area contributed by atoms with E-state index in [9.17, 15) is 9.59 Å². The molecule has 0 spiro atoms. The molecule has 33 heavy (non-hydrogen) atoms. The van der Waals surface area contributed by atoms with Crippen LogP contribution < -0.4 is 15.4 Å². The van der Waals surface area contributed by atoms with Crippen LogP contribution in [0.5, 0.6) is 5.88 Å². The quantitative estimate of drug-likeness (QED) is 0.598. The fourth-order valence-corrected chi connectivity index (χ4v) is 4.30. The first kappa shape index (κ1) is 23.1. The van der Waals surface area contributed by atoms with Crippen LogP contribution in [0.3, 0.4) is 0 Å². The lowest BCUT2D eigenvalue weighted by molar-refractivity contribution is -0.120. The predicted octanol–water partition coefficient (Wildman–Crippen LogP) is 3.60. The molecule has 2 aliphatic rings. The van der Waals surface area contributed by atoms with Crippen molar-refractivity contribution >= 4 is 17.7 Å². The van der Waals surface area contributed by atoms with Crippen molar-refractivity contribution in [2.45, 2.75) is 64.6 Å². The zero-order valence-corrected chi connectivity index (χ0v) is 19.7. The lowest BCUT2D eigenvalue weighted by Gasteiger charge is -2.28. The largest absolute Gasteiger partial charge is 0.481 e. The maximum atomic E-state index is 13.3. The van der Waals surface area contributed by atoms with E-state index in [1.165, 1.54) is 0 Å². The third kappa shape index (κ3) is 6.24. The molecule has 0 aromatic carbocycles. The Balaban J connectivity index is 1.46. The number of carbonyl (C=O) groups excluding carboxylic acids is 2. The van der Waals surface area contributed by atoms with Crippen LogP contribution in [0.1, 0.15) is 52.0 Å². The van der Waals surface area contributed by atoms with Crippen molar-refractivity contribution in [2.24, 2.45) is 17.8 Å². The van der Waals surface area contributed by atoms with Crippen LogP contribution in [0.15, 0.2) is 30.7 Å². The Hall–Kier alpha value is -3.10. The number of hydrogen-bond acceptors (Lipinski definition) is 6. The Bertz CT molecular complexity index is 979. The Kier molecular flexibility index (Phi) is 6.58. The summed E-state index contributed by atoms with van der Waals surface area (Å²) in [6, 6.07) is 3.12. The van der Waals surface area contributed by atoms with Gasteiger partial charge in [0.05, 0.1) is 25.5 Å². The molecule has 9 heteroatoms. The SMILES string of the molecule is COc1ncccc1Cn1cc(NC(=O)[C@@H](NC(=O)OC(C)(C)C)C(C2CC2)C2CC2)cn1. The Morgan fingerprint density at radius 1 is 1.21 bits per heavy atom. The first-order valence-corrected chi connectivity index (χ1v) is 11.5. The van der Waals surface area contributed by atoms with Gasteiger partial charge < -0.3 is 20.1 Å². The summed E-state index contributed by atoms with van der Waals surface area (Å²) in [5.74, 6) is 1.39. The average Bonchev–Trinajstić information content (AvgIpc) is 3.67. The van der Waals surface area contributed by atoms with Crippen molar-refractivity contribution in [1.82, 2.24) is 20.1 Å². The van der Waals surface area contributed by atoms with Gasteiger partial charge in [-0.3, -0.25) is 9.48 Å². The number of anilines is 1. The van der Waals surface area contributed by atoms with Crippen LogP contribution in [0.2, 0.25) is 0 Å². The Labute approximate surface area is 194 Å². The minimum absolute atomic E-state index is 0.132. The highest BCUT2D eigenvalue weighted by molar-refractivity contribution is 5.96. The molecule has 1 atom stereocenters. The van der Waals surface area contributed by atoms with Gasteiger partial charge in [-0.1, -0.05) is 6.07 Å². The third-order valence-corrected chi connectivity index (χ3v) is 5.95. The third-order valence-electron chi connectivity index (χ3n) is 5.95. The standard InChI is InChI=1S/C24H33N5O4/c1-24(2,3)33-23(31)28-20(19(15-7-8-15)16-9-10-16)21(30)27-18-12-26-29(14-18)13-17-6-5-11-25-22(17)32-4/h5-6,11-12,14-16,19-20H,7-10,13H2,1-4H3,(H,27,30)(H,28,31)/t20-/m0/s1. The zero-order chi connectivity index (χ0) is 23.6. The van der Waals surface area contributed by atoms with Crippen LogP contribution in [0.4, 0.5) is 10.5 Å². The summed E-state index contributed by atoms with van der Waals surface area (Å²) < 4.78 is 12.5. The minimum Gasteiger partial charge on any atom is -0.481 e. The van der Waals surface area contributed by atoms with Gasteiger partial charge in [-0.05, 0) is 70.3 Å². The molecule has 0 radical (unpaired) electrons. The Morgan fingerprint density at radius 2 is 1.91 bits per heavy atom. The smallest absolute Gasteiger partial charge is 0.408 e. The van der Waals surface area contributed by atoms with Crippen molar-refractivity contribution in [2.75, 3.05) is 12.4 Å². The molecule has 9 nitrogen and oxygen atoms in total. The first-order valence-electron chi connectivity index (χ1n) is 11.5. The molecule has 0 saturated heterocycles. The monoisotopic (exact) mass is 455 g/mol. The summed E-state index contributed by atoms with van der Waals surface area (Å²) in [5.41, 5.74) is 0.825. The minimum atomic E-state index is -0.637. The van der Waals surface area contributed by atoms with Crippen LogP contribution >= 0.6 is 0 Å². The molecule has 2 saturated carbocycles. The molecule has 2 aromatic rings. The normalized spacial score (nSPS) is 16.9. The summed E-state index contributed by atoms with van der Waals surface area (Å²) in [4.78, 5) is 30.1. The molecule has 0 bridgehead atoms. The molecule has 4 rings (SSSR count). The summed E-state index contributed by atoms with van der Waals surface area (Å²) in [6.45, 7) is 5.89. The number of hydrogen-bond donors (Lipinski definition) is 2. The summed E-state index contributed by atoms with van der Waals surface area (Å²) >= 11 is 0. The van der Waals surface area contributed by atoms with Crippen molar-refractivity contribution in [3.63, 3.8) is 0 Å². The van der Waals surface area contributed by atoms with E-state index in [0.29, 0.717) is 29.9 Å². The highest BCUT2D eigenvalue weighted by Gasteiger charge is 2.48. The van der Waals surface area contributed by atoms with Crippen LogP contribution in [-0.4, -0.2) is 45.5 Å². The molecular formula is C24H33N5O4. The molecule has 2 aromatic heterocycles. The second-order valence-corrected chi connectivity index (χ2v) is 9.96. The topological polar surface area (TPSA) is 107 Å². The van der Waals surface area contributed by atoms with E-state index < -0.39 is 17.7 Å². The number of nitrogens with zero attached hydrogens (tertiary/aromatic N) is 3. The molecule has 2 N–H and O–H groups in total. The van der Waals surface area contributed by atoms with Crippen LogP contribution in [0.25, 0.3) is 0 Å². The first-order chi connectivity index (χ1) is 15.7. The second kappa shape index (κ2) is 9.41. The molecule has 2 fully saturated rings. The summed E-state index contributed by atoms with van der Waals surface area (Å²) in [7, 11) is 1.58. The van der Waals surface area contributed by atoms with E-state index in [2.05, 4.69) is 20.7 Å². The number of carbonyl (C=O) groups is 2. The van der Waals surface area contributed by atoms with Crippen molar-refractivity contribution < 1.29 is 19.1 Å². The van der Waals surface area contributed by atoms with E-state index in [1.807, 2.05) is 32.9 Å². The van der Waals surface area contributed by atoms with E-state index >= 15 is 0 Å². The molecule has 2 heterocycles. The molecule has 2 amide bonds. The number of amides is 2. The maximum Gasteiger partial charge on any atom is 0.408 e. The van der Waals surface area contributed by atoms with E-state index in [4.69, 9.17) is 9.47 Å². The highest BCUT2D eigenvalue weighted by atomic mass is 16.6. The number of alkyl carbamates (subject to hydrolysis) is 1. The van der Waals surface area contributed by atoms with E-state index in [0.717, 1.165) is 31.2 Å². The summed E-state index contributed by atoms with van der Waals surface area (Å²) in [6.07, 6.45) is 8.89. The molecular weight excluding hydrogens is 422 g/mol. The van der Waals surface area contributed by atoms with Crippen molar-refractivity contribution in [1.29, 1.82) is 0 Å². The fourth-order valence-electron chi connectivity index (χ4n) is 4.30. The number of methoxy groups -OCH3 is 1. The Morgan fingerprint density at radius 3 is 2.52 bits per heavy atom. The van der Waals surface area contributed by atoms with E-state index in [1.54, 1.807) is 30.4 Å². The molecule has 0 aliphatic heterocycles. The number of ether oxygens (including phenoxy) is 2. The lowest BCUT2D eigenvalue weighted by Crippen LogP contribution is -2.51. The van der Waals surface area contributed by atoms with Gasteiger partial charge in [-0.15, -0.1) is 0 Å². The molecule has 2 aliphatic carbocycles. The molecule has 0 unspecified atom stereocenters. The zero-order valence-electron chi connectivity index (χ0n) is 19.7. The van der Waals surface area contributed by atoms with E-state index in [-0.39, 0.29) is 11.8 Å². The fraction of sp³-hybridized carbons (Fsp3) is 0.583.